The number of amides is 1. The summed E-state index contributed by atoms with van der Waals surface area (Å²) in [6.07, 6.45) is 3.40. The number of nitrogen functional groups attached to an aromatic ring is 1. The molecule has 0 aliphatic heterocycles. The number of carbonyl (C=O) groups excluding carboxylic acids is 1. The van der Waals surface area contributed by atoms with Crippen molar-refractivity contribution in [2.75, 3.05) is 18.9 Å². The number of imidazole rings is 1. The summed E-state index contributed by atoms with van der Waals surface area (Å²) in [4.78, 5) is 25.1. The second kappa shape index (κ2) is 12.1. The van der Waals surface area contributed by atoms with Crippen molar-refractivity contribution in [3.63, 3.8) is 0 Å². The van der Waals surface area contributed by atoms with Gasteiger partial charge in [0.1, 0.15) is 18.4 Å². The Balaban J connectivity index is 1.69. The molecule has 2 aromatic rings. The van der Waals surface area contributed by atoms with Crippen LogP contribution in [0.25, 0.3) is 11.2 Å². The number of aliphatic hydroxyl groups is 3. The number of likely N-dealkylation sites (N-methyl/N-ethyl adjacent to an activating group) is 1. The van der Waals surface area contributed by atoms with Crippen LogP contribution >= 0.6 is 0 Å². The molecule has 1 fully saturated rings. The van der Waals surface area contributed by atoms with E-state index in [9.17, 15) is 20.1 Å². The number of aliphatic hydroxyl groups excluding tert-OH is 3. The van der Waals surface area contributed by atoms with Gasteiger partial charge in [-0.05, 0) is 57.3 Å². The molecule has 2 unspecified atom stereocenters. The summed E-state index contributed by atoms with van der Waals surface area (Å²) in [5.41, 5.74) is 6.81. The van der Waals surface area contributed by atoms with E-state index in [0.717, 1.165) is 32.1 Å². The summed E-state index contributed by atoms with van der Waals surface area (Å²) in [5, 5.41) is 31.5. The van der Waals surface area contributed by atoms with Gasteiger partial charge in [0, 0.05) is 13.0 Å². The van der Waals surface area contributed by atoms with Crippen LogP contribution in [0, 0.1) is 23.7 Å². The number of carbonyl (C=O) groups is 1. The highest BCUT2D eigenvalue weighted by Gasteiger charge is 2.27. The van der Waals surface area contributed by atoms with Crippen molar-refractivity contribution in [2.45, 2.75) is 71.0 Å². The second-order valence-corrected chi connectivity index (χ2v) is 8.71. The molecule has 186 valence electrons. The van der Waals surface area contributed by atoms with Crippen LogP contribution in [0.5, 0.6) is 0 Å². The molecular weight excluding hydrogens is 440 g/mol. The monoisotopic (exact) mass is 474 g/mol. The number of rotatable bonds is 9. The van der Waals surface area contributed by atoms with Crippen molar-refractivity contribution in [2.24, 2.45) is 11.8 Å². The Kier molecular flexibility index (Phi) is 9.18. The first-order valence-corrected chi connectivity index (χ1v) is 11.7. The van der Waals surface area contributed by atoms with Gasteiger partial charge in [-0.25, -0.2) is 15.0 Å². The summed E-state index contributed by atoms with van der Waals surface area (Å²) >= 11 is 0. The largest absolute Gasteiger partial charge is 0.394 e. The smallest absolute Gasteiger partial charge is 0.252 e. The van der Waals surface area contributed by atoms with Crippen molar-refractivity contribution in [3.05, 3.63) is 12.2 Å². The van der Waals surface area contributed by atoms with E-state index in [-0.39, 0.29) is 24.5 Å². The Labute approximate surface area is 198 Å². The van der Waals surface area contributed by atoms with Crippen LogP contribution in [0.2, 0.25) is 0 Å². The summed E-state index contributed by atoms with van der Waals surface area (Å²) in [6, 6.07) is 0. The maximum Gasteiger partial charge on any atom is 0.252 e. The molecular formula is C23H34N6O5. The van der Waals surface area contributed by atoms with E-state index in [0.29, 0.717) is 29.5 Å². The first-order valence-electron chi connectivity index (χ1n) is 11.7. The average Bonchev–Trinajstić information content (AvgIpc) is 3.23. The number of ether oxygens (including phenoxy) is 1. The van der Waals surface area contributed by atoms with Crippen molar-refractivity contribution in [1.29, 1.82) is 0 Å². The Morgan fingerprint density at radius 1 is 1.32 bits per heavy atom. The van der Waals surface area contributed by atoms with Crippen molar-refractivity contribution < 1.29 is 24.9 Å². The van der Waals surface area contributed by atoms with Crippen molar-refractivity contribution >= 4 is 22.9 Å². The second-order valence-electron chi connectivity index (χ2n) is 8.71. The highest BCUT2D eigenvalue weighted by Crippen LogP contribution is 2.32. The van der Waals surface area contributed by atoms with Gasteiger partial charge in [-0.1, -0.05) is 5.92 Å². The zero-order valence-corrected chi connectivity index (χ0v) is 19.6. The van der Waals surface area contributed by atoms with Gasteiger partial charge in [0.15, 0.2) is 17.6 Å². The Hall–Kier alpha value is -2.78. The average molecular weight is 475 g/mol. The predicted molar refractivity (Wildman–Crippen MR) is 125 cm³/mol. The zero-order valence-electron chi connectivity index (χ0n) is 19.6. The highest BCUT2D eigenvalue weighted by molar-refractivity contribution is 5.82. The van der Waals surface area contributed by atoms with Crippen LogP contribution in [0.3, 0.4) is 0 Å². The molecule has 11 nitrogen and oxygen atoms in total. The lowest BCUT2D eigenvalue weighted by Crippen LogP contribution is -2.45. The van der Waals surface area contributed by atoms with E-state index >= 15 is 0 Å². The molecule has 1 saturated carbocycles. The van der Waals surface area contributed by atoms with Crippen LogP contribution in [-0.4, -0.2) is 72.2 Å². The maximum absolute atomic E-state index is 12.2. The van der Waals surface area contributed by atoms with E-state index in [1.54, 1.807) is 6.92 Å². The summed E-state index contributed by atoms with van der Waals surface area (Å²) in [7, 11) is 0. The summed E-state index contributed by atoms with van der Waals surface area (Å²) in [6.45, 7) is 3.19. The number of nitrogens with one attached hydrogen (secondary N) is 1. The van der Waals surface area contributed by atoms with Crippen molar-refractivity contribution in [1.82, 2.24) is 24.8 Å². The number of nitrogens with zero attached hydrogens (tertiary/aromatic N) is 4. The van der Waals surface area contributed by atoms with Gasteiger partial charge in [0.25, 0.3) is 5.91 Å². The quantitative estimate of drug-likeness (QED) is 0.318. The molecule has 6 N–H and O–H groups in total. The number of fused-ring (bicyclic) bond motifs is 1. The fourth-order valence-corrected chi connectivity index (χ4v) is 4.16. The SMILES string of the molecule is CCNC(=O)[C@@H](OCn1cnc2c(N)nc(C#CCC3CCC(C(C)O)CC3)nc21)C(O)CO. The first kappa shape index (κ1) is 25.8. The van der Waals surface area contributed by atoms with Gasteiger partial charge < -0.3 is 31.1 Å². The normalized spacial score (nSPS) is 20.9. The minimum absolute atomic E-state index is 0.148. The molecule has 2 aromatic heterocycles. The van der Waals surface area contributed by atoms with Gasteiger partial charge in [-0.3, -0.25) is 9.36 Å². The summed E-state index contributed by atoms with van der Waals surface area (Å²) < 4.78 is 7.11. The topological polar surface area (TPSA) is 169 Å². The molecule has 0 spiro atoms. The first-order chi connectivity index (χ1) is 16.3. The van der Waals surface area contributed by atoms with Crippen LogP contribution in [0.4, 0.5) is 5.82 Å². The third kappa shape index (κ3) is 6.42. The molecule has 3 atom stereocenters. The molecule has 3 rings (SSSR count). The molecule has 1 aliphatic rings. The Morgan fingerprint density at radius 3 is 2.71 bits per heavy atom. The molecule has 2 heterocycles. The number of hydrogen-bond acceptors (Lipinski definition) is 9. The summed E-state index contributed by atoms with van der Waals surface area (Å²) in [5.74, 6) is 6.92. The molecule has 0 aromatic carbocycles. The molecule has 1 aliphatic carbocycles. The van der Waals surface area contributed by atoms with Crippen molar-refractivity contribution in [3.8, 4) is 11.8 Å². The van der Waals surface area contributed by atoms with Gasteiger partial charge in [-0.2, -0.15) is 0 Å². The maximum atomic E-state index is 12.2. The number of nitrogens with two attached hydrogens (primary N) is 1. The lowest BCUT2D eigenvalue weighted by molar-refractivity contribution is -0.147. The third-order valence-corrected chi connectivity index (χ3v) is 6.19. The van der Waals surface area contributed by atoms with Crippen LogP contribution in [0.15, 0.2) is 6.33 Å². The molecule has 11 heteroatoms. The van der Waals surface area contributed by atoms with E-state index in [1.165, 1.54) is 10.9 Å². The Morgan fingerprint density at radius 2 is 2.06 bits per heavy atom. The van der Waals surface area contributed by atoms with Crippen LogP contribution < -0.4 is 11.1 Å². The van der Waals surface area contributed by atoms with Gasteiger partial charge in [0.05, 0.1) is 19.0 Å². The van der Waals surface area contributed by atoms with E-state index in [1.807, 2.05) is 6.92 Å². The number of hydrogen-bond donors (Lipinski definition) is 5. The number of aromatic nitrogens is 4. The fraction of sp³-hybridized carbons (Fsp3) is 0.652. The minimum atomic E-state index is -1.38. The van der Waals surface area contributed by atoms with E-state index < -0.39 is 24.7 Å². The van der Waals surface area contributed by atoms with Crippen LogP contribution in [0.1, 0.15) is 51.8 Å². The van der Waals surface area contributed by atoms with Gasteiger partial charge >= 0.3 is 0 Å². The standard InChI is InChI=1S/C23H34N6O5/c1-3-25-23(33)20(17(32)11-30)34-13-29-12-26-19-21(24)27-18(28-22(19)29)6-4-5-15-7-9-16(10-8-15)14(2)31/h12,14-17,20,30-32H,3,5,7-11,13H2,1-2H3,(H,25,33)(H2,24,27,28)/t14?,15?,16?,17?,20-/m0/s1. The lowest BCUT2D eigenvalue weighted by atomic mass is 9.78. The third-order valence-electron chi connectivity index (χ3n) is 6.19. The molecule has 1 amide bonds. The van der Waals surface area contributed by atoms with Crippen LogP contribution in [-0.2, 0) is 16.3 Å². The van der Waals surface area contributed by atoms with Gasteiger partial charge in [-0.15, -0.1) is 0 Å². The minimum Gasteiger partial charge on any atom is -0.394 e. The lowest BCUT2D eigenvalue weighted by Gasteiger charge is -2.29. The van der Waals surface area contributed by atoms with Gasteiger partial charge in [0.2, 0.25) is 5.82 Å². The molecule has 0 radical (unpaired) electrons. The highest BCUT2D eigenvalue weighted by atomic mass is 16.5. The zero-order chi connectivity index (χ0) is 24.7. The molecule has 0 saturated heterocycles. The number of anilines is 1. The molecule has 34 heavy (non-hydrogen) atoms. The predicted octanol–water partition coefficient (Wildman–Crippen LogP) is 0.169. The molecule has 0 bridgehead atoms. The Bertz CT molecular complexity index is 1020. The fourth-order valence-electron chi connectivity index (χ4n) is 4.16. The van der Waals surface area contributed by atoms with E-state index in [2.05, 4.69) is 32.1 Å². The van der Waals surface area contributed by atoms with E-state index in [4.69, 9.17) is 10.5 Å².